The van der Waals surface area contributed by atoms with Gasteiger partial charge in [0.05, 0.1) is 12.6 Å². The molecular formula is C62H111N11O12. The van der Waals surface area contributed by atoms with E-state index < -0.39 is 156 Å². The van der Waals surface area contributed by atoms with E-state index in [2.05, 4.69) is 21.3 Å². The summed E-state index contributed by atoms with van der Waals surface area (Å²) in [5.74, 6) is -9.71. The van der Waals surface area contributed by atoms with Crippen molar-refractivity contribution in [2.45, 2.75) is 223 Å². The minimum Gasteiger partial charge on any atom is -0.390 e. The zero-order chi connectivity index (χ0) is 66.0. The van der Waals surface area contributed by atoms with Crippen LogP contribution < -0.4 is 21.3 Å². The molecule has 0 radical (unpaired) electrons. The van der Waals surface area contributed by atoms with Gasteiger partial charge in [0.1, 0.15) is 60.4 Å². The van der Waals surface area contributed by atoms with Crippen LogP contribution in [0.15, 0.2) is 12.2 Å². The Morgan fingerprint density at radius 3 is 1.32 bits per heavy atom. The third kappa shape index (κ3) is 21.7. The highest BCUT2D eigenvalue weighted by Crippen LogP contribution is 2.26. The van der Waals surface area contributed by atoms with E-state index in [1.807, 2.05) is 61.5 Å². The van der Waals surface area contributed by atoms with Gasteiger partial charge >= 0.3 is 0 Å². The number of aliphatic hydroxyl groups excluding tert-OH is 1. The maximum atomic E-state index is 15.1. The quantitative estimate of drug-likeness (QED) is 0.148. The van der Waals surface area contributed by atoms with E-state index in [-0.39, 0.29) is 55.8 Å². The number of nitrogens with one attached hydrogen (secondary N) is 4. The van der Waals surface area contributed by atoms with E-state index >= 15 is 9.59 Å². The molecule has 11 amide bonds. The summed E-state index contributed by atoms with van der Waals surface area (Å²) >= 11 is 0. The predicted molar refractivity (Wildman–Crippen MR) is 328 cm³/mol. The lowest BCUT2D eigenvalue weighted by Gasteiger charge is -2.41. The van der Waals surface area contributed by atoms with Gasteiger partial charge in [-0.3, -0.25) is 52.7 Å². The molecular weight excluding hydrogens is 1090 g/mol. The summed E-state index contributed by atoms with van der Waals surface area (Å²) < 4.78 is 0. The molecule has 23 heteroatoms. The summed E-state index contributed by atoms with van der Waals surface area (Å²) in [7, 11) is 9.92. The van der Waals surface area contributed by atoms with Crippen LogP contribution >= 0.6 is 0 Å². The fourth-order valence-electron chi connectivity index (χ4n) is 10.7. The van der Waals surface area contributed by atoms with Gasteiger partial charge in [-0.05, 0) is 101 Å². The van der Waals surface area contributed by atoms with Gasteiger partial charge in [-0.2, -0.15) is 0 Å². The van der Waals surface area contributed by atoms with E-state index in [4.69, 9.17) is 0 Å². The second kappa shape index (κ2) is 34.9. The molecule has 1 fully saturated rings. The molecule has 0 aromatic rings. The van der Waals surface area contributed by atoms with Crippen molar-refractivity contribution in [1.29, 1.82) is 0 Å². The van der Waals surface area contributed by atoms with Crippen LogP contribution in [-0.2, 0) is 52.7 Å². The zero-order valence-corrected chi connectivity index (χ0v) is 56.1. The van der Waals surface area contributed by atoms with Gasteiger partial charge < -0.3 is 60.7 Å². The third-order valence-electron chi connectivity index (χ3n) is 16.1. The van der Waals surface area contributed by atoms with Crippen molar-refractivity contribution in [3.8, 4) is 0 Å². The molecule has 1 saturated heterocycles. The molecule has 1 aliphatic heterocycles. The molecule has 1 rings (SSSR count). The van der Waals surface area contributed by atoms with Crippen molar-refractivity contribution < 1.29 is 57.8 Å². The first kappa shape index (κ1) is 76.9. The Balaban J connectivity index is 4.32. The van der Waals surface area contributed by atoms with Crippen molar-refractivity contribution in [1.82, 2.24) is 55.6 Å². The molecule has 0 aromatic heterocycles. The van der Waals surface area contributed by atoms with Gasteiger partial charge in [0.25, 0.3) is 0 Å². The number of hydrogen-bond acceptors (Lipinski definition) is 12. The Bertz CT molecular complexity index is 2330. The highest BCUT2D eigenvalue weighted by molar-refractivity contribution is 5.99. The van der Waals surface area contributed by atoms with Gasteiger partial charge in [0.2, 0.25) is 65.0 Å². The predicted octanol–water partition coefficient (Wildman–Crippen LogP) is 3.27. The van der Waals surface area contributed by atoms with Gasteiger partial charge in [-0.15, -0.1) is 0 Å². The highest BCUT2D eigenvalue weighted by atomic mass is 16.3. The van der Waals surface area contributed by atoms with Crippen LogP contribution in [-0.4, -0.2) is 227 Å². The standard InChI is InChI=1S/C62H111N11O12/c1-25-27-28-40(15)52(75)51-56(79)65-43(26-2)58(81)67(18)33-48(74)68(19)44(29-34(3)4)55(78)66-49(38(11)12)61(84)69(20)45(30-35(5)6)54(77)63-41(16)53(76)64-42(17)57(80)70(21)46(31-36(7)8)59(82)71(22)47(32-37(9)10)60(83)72(23)50(39(13)14)62(85)73(51)24/h25,27,34-47,49-52,75H,26,28-33H2,1-24H3,(H,63,77)(H,64,76)(H,65,79)(H,66,78)/t40-,41-,42+,43-,44+,45?,46-,47-,49-,50-,51-,52-/m1/s1. The number of nitrogens with zero attached hydrogens (tertiary/aromatic N) is 7. The molecule has 12 atom stereocenters. The summed E-state index contributed by atoms with van der Waals surface area (Å²) in [4.78, 5) is 169. The van der Waals surface area contributed by atoms with Crippen LogP contribution in [0.2, 0.25) is 0 Å². The van der Waals surface area contributed by atoms with Crippen molar-refractivity contribution in [2.24, 2.45) is 41.4 Å². The number of carbonyl (C=O) groups excluding carboxylic acids is 11. The lowest BCUT2D eigenvalue weighted by Crippen LogP contribution is -2.63. The zero-order valence-electron chi connectivity index (χ0n) is 56.1. The molecule has 0 spiro atoms. The number of carbonyl (C=O) groups is 11. The monoisotopic (exact) mass is 1200 g/mol. The van der Waals surface area contributed by atoms with Crippen LogP contribution in [0.4, 0.5) is 0 Å². The number of hydrogen-bond donors (Lipinski definition) is 5. The molecule has 0 aliphatic carbocycles. The Morgan fingerprint density at radius 1 is 0.459 bits per heavy atom. The Labute approximate surface area is 508 Å². The molecule has 85 heavy (non-hydrogen) atoms. The summed E-state index contributed by atoms with van der Waals surface area (Å²) in [6.45, 7) is 29.3. The first-order chi connectivity index (χ1) is 39.2. The van der Waals surface area contributed by atoms with Crippen LogP contribution in [0, 0.1) is 41.4 Å². The number of allylic oxidation sites excluding steroid dienone is 2. The Hall–Kier alpha value is -6.13. The average Bonchev–Trinajstić information content (AvgIpc) is 3.62. The maximum absolute atomic E-state index is 15.1. The molecule has 0 bridgehead atoms. The van der Waals surface area contributed by atoms with Crippen molar-refractivity contribution >= 4 is 65.0 Å². The molecule has 1 heterocycles. The first-order valence-corrected chi connectivity index (χ1v) is 30.6. The Morgan fingerprint density at radius 2 is 0.871 bits per heavy atom. The van der Waals surface area contributed by atoms with E-state index in [0.717, 1.165) is 9.80 Å². The van der Waals surface area contributed by atoms with Gasteiger partial charge in [0.15, 0.2) is 0 Å². The van der Waals surface area contributed by atoms with E-state index in [0.29, 0.717) is 6.42 Å². The minimum absolute atomic E-state index is 0.0229. The Kier molecular flexibility index (Phi) is 31.5. The second-order valence-electron chi connectivity index (χ2n) is 26.1. The summed E-state index contributed by atoms with van der Waals surface area (Å²) in [6.07, 6.45) is 3.04. The van der Waals surface area contributed by atoms with Crippen molar-refractivity contribution in [3.63, 3.8) is 0 Å². The smallest absolute Gasteiger partial charge is 0.246 e. The molecule has 1 aliphatic rings. The number of likely N-dealkylation sites (N-methyl/N-ethyl adjacent to an activating group) is 7. The molecule has 23 nitrogen and oxygen atoms in total. The van der Waals surface area contributed by atoms with Crippen molar-refractivity contribution in [2.75, 3.05) is 55.9 Å². The highest BCUT2D eigenvalue weighted by Gasteiger charge is 2.45. The maximum Gasteiger partial charge on any atom is 0.246 e. The summed E-state index contributed by atoms with van der Waals surface area (Å²) in [6, 6.07) is -12.3. The summed E-state index contributed by atoms with van der Waals surface area (Å²) in [5, 5.41) is 23.1. The molecule has 5 N–H and O–H groups in total. The second-order valence-corrected chi connectivity index (χ2v) is 26.1. The van der Waals surface area contributed by atoms with E-state index in [1.165, 1.54) is 87.7 Å². The fourth-order valence-corrected chi connectivity index (χ4v) is 10.7. The minimum atomic E-state index is -1.61. The van der Waals surface area contributed by atoms with Gasteiger partial charge in [-0.1, -0.05) is 109 Å². The lowest BCUT2D eigenvalue weighted by atomic mass is 9.91. The lowest BCUT2D eigenvalue weighted by molar-refractivity contribution is -0.157. The molecule has 0 saturated carbocycles. The van der Waals surface area contributed by atoms with E-state index in [1.54, 1.807) is 54.5 Å². The average molecular weight is 1200 g/mol. The summed E-state index contributed by atoms with van der Waals surface area (Å²) in [5.41, 5.74) is 0. The van der Waals surface area contributed by atoms with Crippen molar-refractivity contribution in [3.05, 3.63) is 12.2 Å². The molecule has 1 unspecified atom stereocenters. The van der Waals surface area contributed by atoms with E-state index in [9.17, 15) is 48.3 Å². The van der Waals surface area contributed by atoms with Gasteiger partial charge in [0, 0.05) is 49.3 Å². The molecule has 486 valence electrons. The topological polar surface area (TPSA) is 279 Å². The van der Waals surface area contributed by atoms with Crippen LogP contribution in [0.5, 0.6) is 0 Å². The fraction of sp³-hybridized carbons (Fsp3) is 0.790. The first-order valence-electron chi connectivity index (χ1n) is 30.6. The molecule has 0 aromatic carbocycles. The number of rotatable bonds is 15. The number of amides is 11. The largest absolute Gasteiger partial charge is 0.390 e. The third-order valence-corrected chi connectivity index (χ3v) is 16.1. The van der Waals surface area contributed by atoms with Crippen LogP contribution in [0.1, 0.15) is 156 Å². The van der Waals surface area contributed by atoms with Gasteiger partial charge in [-0.25, -0.2) is 0 Å². The van der Waals surface area contributed by atoms with Crippen LogP contribution in [0.3, 0.4) is 0 Å². The SMILES string of the molecule is CC=CC[C@@H](C)[C@@H](O)[C@@H]1C(=O)N[C@H](CC)C(=O)N(C)CC(=O)N(C)[C@@H](CC(C)C)C(=O)N[C@H](C(C)C)C(=O)N(C)C(CC(C)C)C(=O)N[C@H](C)C(=O)N[C@@H](C)C(=O)N(C)[C@H](CC(C)C)C(=O)N(C)[C@H](CC(C)C)C(=O)N(C)[C@H](C(C)C)C(=O)N1C. The van der Waals surface area contributed by atoms with Crippen LogP contribution in [0.25, 0.3) is 0 Å². The normalized spacial score (nSPS) is 26.9. The number of aliphatic hydroxyl groups is 1.